The summed E-state index contributed by atoms with van der Waals surface area (Å²) in [4.78, 5) is 18.3. The lowest BCUT2D eigenvalue weighted by atomic mass is 10.0. The quantitative estimate of drug-likeness (QED) is 0.832. The Morgan fingerprint density at radius 2 is 1.76 bits per heavy atom. The van der Waals surface area contributed by atoms with Gasteiger partial charge in [-0.25, -0.2) is 5.73 Å². The number of likely N-dealkylation sites (N-methyl/N-ethyl adjacent to an activating group) is 1. The summed E-state index contributed by atoms with van der Waals surface area (Å²) in [7, 11) is 0. The Labute approximate surface area is 123 Å². The van der Waals surface area contributed by atoms with Crippen molar-refractivity contribution in [2.75, 3.05) is 11.4 Å². The van der Waals surface area contributed by atoms with E-state index < -0.39 is 6.17 Å². The molecule has 0 bridgehead atoms. The first-order chi connectivity index (χ1) is 10.2. The maximum Gasteiger partial charge on any atom is 0.267 e. The number of hydrogen-bond donors (Lipinski definition) is 0. The highest BCUT2D eigenvalue weighted by atomic mass is 16.2. The molecule has 0 aliphatic carbocycles. The van der Waals surface area contributed by atoms with Gasteiger partial charge in [-0.2, -0.15) is 0 Å². The van der Waals surface area contributed by atoms with Gasteiger partial charge in [-0.05, 0) is 13.0 Å². The van der Waals surface area contributed by atoms with E-state index in [2.05, 4.69) is 4.99 Å². The summed E-state index contributed by atoms with van der Waals surface area (Å²) in [6.07, 6.45) is -1.12. The minimum absolute atomic E-state index is 0.282. The largest absolute Gasteiger partial charge is 0.309 e. The number of benzodiazepines with no additional fused rings is 1. The molecule has 1 N–H and O–H groups in total. The van der Waals surface area contributed by atoms with E-state index in [1.54, 1.807) is 4.90 Å². The van der Waals surface area contributed by atoms with Crippen LogP contribution in [0.3, 0.4) is 0 Å². The van der Waals surface area contributed by atoms with Gasteiger partial charge in [0.2, 0.25) is 0 Å². The van der Waals surface area contributed by atoms with Gasteiger partial charge in [0.05, 0.1) is 11.4 Å². The van der Waals surface area contributed by atoms with E-state index in [-0.39, 0.29) is 5.91 Å². The van der Waals surface area contributed by atoms with Crippen molar-refractivity contribution in [1.82, 2.24) is 5.73 Å². The average Bonchev–Trinajstić information content (AvgIpc) is 2.64. The Bertz CT molecular complexity index is 694. The van der Waals surface area contributed by atoms with Crippen molar-refractivity contribution in [2.24, 2.45) is 4.99 Å². The Balaban J connectivity index is 2.24. The van der Waals surface area contributed by atoms with Crippen LogP contribution in [0.1, 0.15) is 18.1 Å². The normalized spacial score (nSPS) is 18.0. The molecule has 4 nitrogen and oxygen atoms in total. The second-order valence-corrected chi connectivity index (χ2v) is 4.85. The molecule has 1 aliphatic rings. The minimum Gasteiger partial charge on any atom is -0.309 e. The SMILES string of the molecule is CCN1C(=O)C([NH])N=C(c2ccccc2)c2ccccc21. The monoisotopic (exact) mass is 278 g/mol. The van der Waals surface area contributed by atoms with Gasteiger partial charge < -0.3 is 4.90 Å². The van der Waals surface area contributed by atoms with E-state index in [4.69, 9.17) is 5.73 Å². The molecule has 1 unspecified atom stereocenters. The lowest BCUT2D eigenvalue weighted by molar-refractivity contribution is -0.119. The molecule has 0 aromatic heterocycles. The summed E-state index contributed by atoms with van der Waals surface area (Å²) in [6, 6.07) is 17.4. The maximum absolute atomic E-state index is 12.3. The van der Waals surface area contributed by atoms with Crippen LogP contribution in [-0.2, 0) is 4.79 Å². The van der Waals surface area contributed by atoms with Crippen LogP contribution < -0.4 is 10.6 Å². The van der Waals surface area contributed by atoms with Crippen LogP contribution >= 0.6 is 0 Å². The van der Waals surface area contributed by atoms with Crippen LogP contribution in [-0.4, -0.2) is 24.3 Å². The highest BCUT2D eigenvalue weighted by Gasteiger charge is 2.28. The highest BCUT2D eigenvalue weighted by molar-refractivity contribution is 6.20. The molecule has 1 radical (unpaired) electrons. The van der Waals surface area contributed by atoms with Gasteiger partial charge in [0.1, 0.15) is 0 Å². The molecule has 0 saturated carbocycles. The number of aliphatic imine (C=N–C) groups is 1. The number of hydrogen-bond acceptors (Lipinski definition) is 2. The number of carbonyl (C=O) groups is 1. The number of nitrogens with zero attached hydrogens (tertiary/aromatic N) is 2. The Hall–Kier alpha value is -2.46. The standard InChI is InChI=1S/C17H16N3O/c1-2-20-14-11-7-6-10-13(14)15(19-16(18)17(20)21)12-8-4-3-5-9-12/h3-11,16,18H,2H2,1H3. The average molecular weight is 278 g/mol. The van der Waals surface area contributed by atoms with Crippen LogP contribution in [0.4, 0.5) is 5.69 Å². The first kappa shape index (κ1) is 13.5. The van der Waals surface area contributed by atoms with Crippen molar-refractivity contribution in [1.29, 1.82) is 0 Å². The summed E-state index contributed by atoms with van der Waals surface area (Å²) < 4.78 is 0. The van der Waals surface area contributed by atoms with Gasteiger partial charge in [0, 0.05) is 17.7 Å². The molecule has 2 aromatic carbocycles. The van der Waals surface area contributed by atoms with E-state index in [1.807, 2.05) is 61.5 Å². The summed E-state index contributed by atoms with van der Waals surface area (Å²) >= 11 is 0. The number of nitrogens with one attached hydrogen (secondary N) is 1. The number of carbonyl (C=O) groups excluding carboxylic acids is 1. The van der Waals surface area contributed by atoms with Gasteiger partial charge in [0.15, 0.2) is 6.17 Å². The Morgan fingerprint density at radius 1 is 1.10 bits per heavy atom. The fourth-order valence-corrected chi connectivity index (χ4v) is 2.58. The smallest absolute Gasteiger partial charge is 0.267 e. The molecule has 1 heterocycles. The number of rotatable bonds is 2. The number of fused-ring (bicyclic) bond motifs is 1. The Morgan fingerprint density at radius 3 is 2.48 bits per heavy atom. The van der Waals surface area contributed by atoms with Gasteiger partial charge in [-0.3, -0.25) is 9.79 Å². The van der Waals surface area contributed by atoms with Gasteiger partial charge in [0.25, 0.3) is 5.91 Å². The molecule has 2 aromatic rings. The number of amides is 1. The molecular weight excluding hydrogens is 262 g/mol. The molecule has 21 heavy (non-hydrogen) atoms. The van der Waals surface area contributed by atoms with E-state index in [0.717, 1.165) is 16.8 Å². The molecule has 3 rings (SSSR count). The summed E-state index contributed by atoms with van der Waals surface area (Å²) in [5.41, 5.74) is 11.4. The molecule has 1 atom stereocenters. The van der Waals surface area contributed by atoms with Crippen LogP contribution in [0.5, 0.6) is 0 Å². The number of anilines is 1. The van der Waals surface area contributed by atoms with Crippen molar-refractivity contribution in [2.45, 2.75) is 13.1 Å². The maximum atomic E-state index is 12.3. The zero-order valence-electron chi connectivity index (χ0n) is 11.8. The molecule has 105 valence electrons. The highest BCUT2D eigenvalue weighted by Crippen LogP contribution is 2.27. The first-order valence-electron chi connectivity index (χ1n) is 6.97. The molecule has 0 saturated heterocycles. The third-order valence-corrected chi connectivity index (χ3v) is 3.57. The Kier molecular flexibility index (Phi) is 3.54. The summed E-state index contributed by atoms with van der Waals surface area (Å²) in [6.45, 7) is 2.44. The van der Waals surface area contributed by atoms with Crippen molar-refractivity contribution in [3.8, 4) is 0 Å². The third kappa shape index (κ3) is 2.34. The molecular formula is C17H16N3O. The van der Waals surface area contributed by atoms with Crippen molar-refractivity contribution < 1.29 is 4.79 Å². The first-order valence-corrected chi connectivity index (χ1v) is 6.97. The van der Waals surface area contributed by atoms with E-state index in [9.17, 15) is 4.79 Å². The molecule has 4 heteroatoms. The van der Waals surface area contributed by atoms with Gasteiger partial charge in [-0.1, -0.05) is 48.5 Å². The lowest BCUT2D eigenvalue weighted by Gasteiger charge is -2.22. The van der Waals surface area contributed by atoms with Crippen molar-refractivity contribution in [3.05, 3.63) is 65.7 Å². The third-order valence-electron chi connectivity index (χ3n) is 3.57. The fraction of sp³-hybridized carbons (Fsp3) is 0.176. The van der Waals surface area contributed by atoms with Crippen LogP contribution in [0.15, 0.2) is 59.6 Å². The number of benzene rings is 2. The van der Waals surface area contributed by atoms with Crippen molar-refractivity contribution in [3.63, 3.8) is 0 Å². The second-order valence-electron chi connectivity index (χ2n) is 4.85. The van der Waals surface area contributed by atoms with E-state index >= 15 is 0 Å². The molecule has 0 spiro atoms. The molecule has 1 aliphatic heterocycles. The van der Waals surface area contributed by atoms with Crippen molar-refractivity contribution >= 4 is 17.3 Å². The van der Waals surface area contributed by atoms with Gasteiger partial charge >= 0.3 is 0 Å². The molecule has 1 amide bonds. The van der Waals surface area contributed by atoms with Crippen LogP contribution in [0, 0.1) is 0 Å². The van der Waals surface area contributed by atoms with E-state index in [1.165, 1.54) is 0 Å². The number of para-hydroxylation sites is 1. The van der Waals surface area contributed by atoms with Crippen LogP contribution in [0.2, 0.25) is 0 Å². The lowest BCUT2D eigenvalue weighted by Crippen LogP contribution is -2.38. The zero-order valence-corrected chi connectivity index (χ0v) is 11.8. The topological polar surface area (TPSA) is 56.5 Å². The van der Waals surface area contributed by atoms with E-state index in [0.29, 0.717) is 12.3 Å². The second kappa shape index (κ2) is 5.50. The predicted molar refractivity (Wildman–Crippen MR) is 83.4 cm³/mol. The van der Waals surface area contributed by atoms with Gasteiger partial charge in [-0.15, -0.1) is 0 Å². The minimum atomic E-state index is -1.12. The zero-order chi connectivity index (χ0) is 14.8. The molecule has 0 fully saturated rings. The summed E-state index contributed by atoms with van der Waals surface area (Å²) in [5.74, 6) is -0.282. The fourth-order valence-electron chi connectivity index (χ4n) is 2.58. The van der Waals surface area contributed by atoms with Crippen LogP contribution in [0.25, 0.3) is 0 Å². The summed E-state index contributed by atoms with van der Waals surface area (Å²) in [5, 5.41) is 0. The predicted octanol–water partition coefficient (Wildman–Crippen LogP) is 2.50.